The molecule has 1 amide bonds. The van der Waals surface area contributed by atoms with Gasteiger partial charge in [0.15, 0.2) is 0 Å². The monoisotopic (exact) mass is 294 g/mol. The van der Waals surface area contributed by atoms with Crippen LogP contribution in [0.25, 0.3) is 0 Å². The smallest absolute Gasteiger partial charge is 0.261 e. The van der Waals surface area contributed by atoms with Crippen molar-refractivity contribution in [2.45, 2.75) is 11.8 Å². The summed E-state index contributed by atoms with van der Waals surface area (Å²) in [4.78, 5) is 13.6. The van der Waals surface area contributed by atoms with Gasteiger partial charge in [-0.2, -0.15) is 5.10 Å². The van der Waals surface area contributed by atoms with Gasteiger partial charge in [0.2, 0.25) is 10.0 Å². The second-order valence-corrected chi connectivity index (χ2v) is 5.87. The van der Waals surface area contributed by atoms with Gasteiger partial charge in [-0.25, -0.2) is 13.6 Å². The Kier molecular flexibility index (Phi) is 3.60. The zero-order chi connectivity index (χ0) is 14.9. The first kappa shape index (κ1) is 14.2. The van der Waals surface area contributed by atoms with Gasteiger partial charge in [0.25, 0.3) is 5.91 Å². The lowest BCUT2D eigenvalue weighted by molar-refractivity contribution is 0.0992. The first-order valence-corrected chi connectivity index (χ1v) is 7.26. The summed E-state index contributed by atoms with van der Waals surface area (Å²) in [7, 11) is -2.14. The zero-order valence-electron chi connectivity index (χ0n) is 11.0. The highest BCUT2D eigenvalue weighted by atomic mass is 32.2. The van der Waals surface area contributed by atoms with Gasteiger partial charge >= 0.3 is 0 Å². The zero-order valence-corrected chi connectivity index (χ0v) is 11.8. The number of sulfonamides is 1. The van der Waals surface area contributed by atoms with Gasteiger partial charge < -0.3 is 4.90 Å². The second kappa shape index (κ2) is 5.06. The van der Waals surface area contributed by atoms with Crippen LogP contribution in [0.15, 0.2) is 35.4 Å². The molecule has 0 fully saturated rings. The minimum Gasteiger partial charge on any atom is -0.311 e. The van der Waals surface area contributed by atoms with Crippen molar-refractivity contribution in [2.75, 3.05) is 11.9 Å². The number of carbonyl (C=O) groups is 1. The fourth-order valence-corrected chi connectivity index (χ4v) is 2.24. The van der Waals surface area contributed by atoms with E-state index in [0.717, 1.165) is 0 Å². The van der Waals surface area contributed by atoms with Crippen molar-refractivity contribution in [3.05, 3.63) is 41.7 Å². The molecule has 0 aliphatic heterocycles. The molecule has 0 bridgehead atoms. The standard InChI is InChI=1S/C12H14N4O3S/c1-8-11(7-14-15-8)12(17)16(2)9-3-5-10(6-4-9)20(13,18)19/h3-7H,1-2H3,(H,14,15)(H2,13,18,19). The number of carbonyl (C=O) groups excluding carboxylic acids is 1. The summed E-state index contributed by atoms with van der Waals surface area (Å²) in [5.74, 6) is -0.236. The molecule has 8 heteroatoms. The predicted molar refractivity (Wildman–Crippen MR) is 73.9 cm³/mol. The number of amides is 1. The minimum atomic E-state index is -3.73. The Morgan fingerprint density at radius 1 is 1.30 bits per heavy atom. The molecule has 3 N–H and O–H groups in total. The molecule has 1 aromatic heterocycles. The van der Waals surface area contributed by atoms with Crippen LogP contribution in [0.4, 0.5) is 5.69 Å². The van der Waals surface area contributed by atoms with Gasteiger partial charge in [-0.15, -0.1) is 0 Å². The van der Waals surface area contributed by atoms with Crippen molar-refractivity contribution >= 4 is 21.6 Å². The highest BCUT2D eigenvalue weighted by molar-refractivity contribution is 7.89. The van der Waals surface area contributed by atoms with Crippen LogP contribution in [-0.2, 0) is 10.0 Å². The van der Waals surface area contributed by atoms with E-state index in [-0.39, 0.29) is 10.8 Å². The molecule has 0 radical (unpaired) electrons. The first-order chi connectivity index (χ1) is 9.30. The maximum atomic E-state index is 12.2. The molecular weight excluding hydrogens is 280 g/mol. The fourth-order valence-electron chi connectivity index (χ4n) is 1.72. The number of nitrogens with zero attached hydrogens (tertiary/aromatic N) is 2. The average molecular weight is 294 g/mol. The van der Waals surface area contributed by atoms with Crippen LogP contribution in [-0.4, -0.2) is 31.6 Å². The van der Waals surface area contributed by atoms with E-state index in [0.29, 0.717) is 16.9 Å². The van der Waals surface area contributed by atoms with Gasteiger partial charge in [-0.05, 0) is 31.2 Å². The molecule has 2 rings (SSSR count). The number of nitrogens with two attached hydrogens (primary N) is 1. The lowest BCUT2D eigenvalue weighted by Crippen LogP contribution is -2.26. The molecule has 0 aliphatic rings. The van der Waals surface area contributed by atoms with Crippen LogP contribution < -0.4 is 10.0 Å². The minimum absolute atomic E-state index is 0.00147. The van der Waals surface area contributed by atoms with Crippen LogP contribution in [0.3, 0.4) is 0 Å². The molecule has 2 aromatic rings. The Morgan fingerprint density at radius 2 is 1.90 bits per heavy atom. The summed E-state index contributed by atoms with van der Waals surface area (Å²) in [5, 5.41) is 11.5. The van der Waals surface area contributed by atoms with Crippen molar-refractivity contribution < 1.29 is 13.2 Å². The largest absolute Gasteiger partial charge is 0.311 e. The number of aromatic amines is 1. The van der Waals surface area contributed by atoms with Crippen molar-refractivity contribution in [3.8, 4) is 0 Å². The summed E-state index contributed by atoms with van der Waals surface area (Å²) in [6.45, 7) is 1.75. The molecule has 0 saturated carbocycles. The van der Waals surface area contributed by atoms with Crippen LogP contribution in [0.1, 0.15) is 16.1 Å². The average Bonchev–Trinajstić information content (AvgIpc) is 2.82. The molecule has 106 valence electrons. The van der Waals surface area contributed by atoms with Crippen LogP contribution in [0.2, 0.25) is 0 Å². The predicted octanol–water partition coefficient (Wildman–Crippen LogP) is 0.642. The topological polar surface area (TPSA) is 109 Å². The number of benzene rings is 1. The lowest BCUT2D eigenvalue weighted by atomic mass is 10.2. The molecule has 0 aliphatic carbocycles. The van der Waals surface area contributed by atoms with E-state index in [1.54, 1.807) is 14.0 Å². The normalized spacial score (nSPS) is 11.3. The summed E-state index contributed by atoms with van der Waals surface area (Å²) < 4.78 is 22.3. The third kappa shape index (κ3) is 2.70. The lowest BCUT2D eigenvalue weighted by Gasteiger charge is -2.17. The Labute approximate surface area is 116 Å². The van der Waals surface area contributed by atoms with E-state index in [1.165, 1.54) is 35.4 Å². The molecule has 0 spiro atoms. The van der Waals surface area contributed by atoms with Gasteiger partial charge in [-0.1, -0.05) is 0 Å². The summed E-state index contributed by atoms with van der Waals surface area (Å²) in [6.07, 6.45) is 1.45. The number of hydrogen-bond acceptors (Lipinski definition) is 4. The van der Waals surface area contributed by atoms with Crippen LogP contribution in [0, 0.1) is 6.92 Å². The maximum absolute atomic E-state index is 12.2. The van der Waals surface area contributed by atoms with Crippen molar-refractivity contribution in [1.29, 1.82) is 0 Å². The van der Waals surface area contributed by atoms with E-state index in [1.807, 2.05) is 0 Å². The van der Waals surface area contributed by atoms with Crippen molar-refractivity contribution in [3.63, 3.8) is 0 Å². The molecule has 1 heterocycles. The highest BCUT2D eigenvalue weighted by Gasteiger charge is 2.17. The molecule has 7 nitrogen and oxygen atoms in total. The van der Waals surface area contributed by atoms with E-state index in [4.69, 9.17) is 5.14 Å². The second-order valence-electron chi connectivity index (χ2n) is 4.31. The Hall–Kier alpha value is -2.19. The Bertz CT molecular complexity index is 734. The number of anilines is 1. The van der Waals surface area contributed by atoms with Crippen LogP contribution in [0.5, 0.6) is 0 Å². The third-order valence-electron chi connectivity index (χ3n) is 2.92. The number of nitrogens with one attached hydrogen (secondary N) is 1. The summed E-state index contributed by atoms with van der Waals surface area (Å²) >= 11 is 0. The number of primary sulfonamides is 1. The molecule has 0 saturated heterocycles. The van der Waals surface area contributed by atoms with Gasteiger partial charge in [-0.3, -0.25) is 9.89 Å². The van der Waals surface area contributed by atoms with E-state index < -0.39 is 10.0 Å². The fraction of sp³-hybridized carbons (Fsp3) is 0.167. The van der Waals surface area contributed by atoms with Crippen LogP contribution >= 0.6 is 0 Å². The van der Waals surface area contributed by atoms with E-state index in [2.05, 4.69) is 10.2 Å². The number of aromatic nitrogens is 2. The Morgan fingerprint density at radius 3 is 2.35 bits per heavy atom. The van der Waals surface area contributed by atoms with Crippen molar-refractivity contribution in [2.24, 2.45) is 5.14 Å². The third-order valence-corrected chi connectivity index (χ3v) is 3.85. The number of rotatable bonds is 3. The Balaban J connectivity index is 2.28. The summed E-state index contributed by atoms with van der Waals surface area (Å²) in [6, 6.07) is 5.76. The number of H-pyrrole nitrogens is 1. The molecular formula is C12H14N4O3S. The molecule has 20 heavy (non-hydrogen) atoms. The molecule has 1 aromatic carbocycles. The summed E-state index contributed by atoms with van der Waals surface area (Å²) in [5.41, 5.74) is 1.69. The molecule has 0 atom stereocenters. The highest BCUT2D eigenvalue weighted by Crippen LogP contribution is 2.18. The SMILES string of the molecule is Cc1[nH]ncc1C(=O)N(C)c1ccc(S(N)(=O)=O)cc1. The number of hydrogen-bond donors (Lipinski definition) is 2. The van der Waals surface area contributed by atoms with Gasteiger partial charge in [0.1, 0.15) is 0 Å². The quantitative estimate of drug-likeness (QED) is 0.865. The van der Waals surface area contributed by atoms with Gasteiger partial charge in [0.05, 0.1) is 16.7 Å². The molecule has 0 unspecified atom stereocenters. The maximum Gasteiger partial charge on any atom is 0.261 e. The van der Waals surface area contributed by atoms with E-state index >= 15 is 0 Å². The van der Waals surface area contributed by atoms with E-state index in [9.17, 15) is 13.2 Å². The van der Waals surface area contributed by atoms with Crippen molar-refractivity contribution in [1.82, 2.24) is 10.2 Å². The number of aryl methyl sites for hydroxylation is 1. The van der Waals surface area contributed by atoms with Gasteiger partial charge in [0, 0.05) is 18.4 Å². The first-order valence-electron chi connectivity index (χ1n) is 5.71.